The van der Waals surface area contributed by atoms with Crippen molar-refractivity contribution in [3.8, 4) is 0 Å². The van der Waals surface area contributed by atoms with E-state index in [1.165, 1.54) is 0 Å². The average Bonchev–Trinajstić information content (AvgIpc) is 2.55. The van der Waals surface area contributed by atoms with Crippen molar-refractivity contribution in [3.05, 3.63) is 70.8 Å². The monoisotopic (exact) mass is 370 g/mol. The largest absolute Gasteiger partial charge is 0.449 e. The summed E-state index contributed by atoms with van der Waals surface area (Å²) >= 11 is 3.42. The zero-order valence-corrected chi connectivity index (χ0v) is 13.9. The third-order valence-electron chi connectivity index (χ3n) is 3.40. The van der Waals surface area contributed by atoms with Crippen LogP contribution in [0.3, 0.4) is 0 Å². The van der Waals surface area contributed by atoms with E-state index in [1.54, 1.807) is 6.20 Å². The van der Waals surface area contributed by atoms with Gasteiger partial charge in [-0.3, -0.25) is 10.3 Å². The van der Waals surface area contributed by atoms with Crippen molar-refractivity contribution in [2.45, 2.75) is 6.42 Å². The van der Waals surface area contributed by atoms with Crippen molar-refractivity contribution < 1.29 is 9.53 Å². The maximum Gasteiger partial charge on any atom is 0.411 e. The normalized spacial score (nSPS) is 10.5. The van der Waals surface area contributed by atoms with E-state index in [9.17, 15) is 4.79 Å². The van der Waals surface area contributed by atoms with Crippen LogP contribution >= 0.6 is 15.9 Å². The molecule has 0 spiro atoms. The summed E-state index contributed by atoms with van der Waals surface area (Å²) in [7, 11) is 0. The van der Waals surface area contributed by atoms with Gasteiger partial charge in [0.1, 0.15) is 0 Å². The summed E-state index contributed by atoms with van der Waals surface area (Å²) < 4.78 is 6.27. The lowest BCUT2D eigenvalue weighted by atomic mass is 10.2. The summed E-state index contributed by atoms with van der Waals surface area (Å²) in [5, 5.41) is 3.66. The van der Waals surface area contributed by atoms with Crippen LogP contribution in [0.15, 0.2) is 65.3 Å². The van der Waals surface area contributed by atoms with Crippen molar-refractivity contribution >= 4 is 38.6 Å². The maximum absolute atomic E-state index is 12.0. The number of carbonyl (C=O) groups is 1. The number of halogens is 1. The van der Waals surface area contributed by atoms with Crippen LogP contribution in [0.5, 0.6) is 0 Å². The highest BCUT2D eigenvalue weighted by atomic mass is 79.9. The number of carbonyl (C=O) groups excluding carboxylic acids is 1. The van der Waals surface area contributed by atoms with Gasteiger partial charge in [0.2, 0.25) is 0 Å². The van der Waals surface area contributed by atoms with Crippen LogP contribution in [0.4, 0.5) is 10.5 Å². The molecule has 3 rings (SSSR count). The first kappa shape index (κ1) is 15.5. The number of pyridine rings is 1. The zero-order valence-electron chi connectivity index (χ0n) is 12.3. The van der Waals surface area contributed by atoms with Crippen LogP contribution in [-0.2, 0) is 11.2 Å². The van der Waals surface area contributed by atoms with Crippen molar-refractivity contribution in [1.82, 2.24) is 4.98 Å². The van der Waals surface area contributed by atoms with E-state index in [0.717, 1.165) is 20.9 Å². The number of anilines is 1. The highest BCUT2D eigenvalue weighted by Gasteiger charge is 2.07. The molecule has 5 heteroatoms. The molecule has 0 aliphatic carbocycles. The van der Waals surface area contributed by atoms with Gasteiger partial charge in [-0.05, 0) is 42.0 Å². The van der Waals surface area contributed by atoms with Crippen LogP contribution in [0, 0.1) is 0 Å². The van der Waals surface area contributed by atoms with Gasteiger partial charge in [0, 0.05) is 22.5 Å². The highest BCUT2D eigenvalue weighted by molar-refractivity contribution is 9.10. The molecule has 0 bridgehead atoms. The molecule has 2 aromatic carbocycles. The molecule has 23 heavy (non-hydrogen) atoms. The maximum atomic E-state index is 12.0. The summed E-state index contributed by atoms with van der Waals surface area (Å²) in [4.78, 5) is 16.2. The third-order valence-corrected chi connectivity index (χ3v) is 3.89. The van der Waals surface area contributed by atoms with Crippen LogP contribution < -0.4 is 5.32 Å². The van der Waals surface area contributed by atoms with Crippen molar-refractivity contribution in [3.63, 3.8) is 0 Å². The highest BCUT2D eigenvalue weighted by Crippen LogP contribution is 2.21. The van der Waals surface area contributed by atoms with Gasteiger partial charge in [-0.1, -0.05) is 34.1 Å². The van der Waals surface area contributed by atoms with Gasteiger partial charge in [-0.2, -0.15) is 0 Å². The Morgan fingerprint density at radius 2 is 2.00 bits per heavy atom. The number of amides is 1. The Morgan fingerprint density at radius 3 is 2.87 bits per heavy atom. The molecule has 116 valence electrons. The van der Waals surface area contributed by atoms with Crippen molar-refractivity contribution in [1.29, 1.82) is 0 Å². The second kappa shape index (κ2) is 7.24. The number of nitrogens with zero attached hydrogens (tertiary/aromatic N) is 1. The first-order valence-electron chi connectivity index (χ1n) is 7.24. The van der Waals surface area contributed by atoms with Crippen LogP contribution in [-0.4, -0.2) is 17.7 Å². The van der Waals surface area contributed by atoms with Crippen molar-refractivity contribution in [2.75, 3.05) is 11.9 Å². The second-order valence-corrected chi connectivity index (χ2v) is 5.93. The number of aromatic nitrogens is 1. The minimum absolute atomic E-state index is 0.325. The number of ether oxygens (including phenoxy) is 1. The van der Waals surface area contributed by atoms with E-state index >= 15 is 0 Å². The summed E-state index contributed by atoms with van der Waals surface area (Å²) in [6.45, 7) is 0.325. The smallest absolute Gasteiger partial charge is 0.411 e. The van der Waals surface area contributed by atoms with Crippen LogP contribution in [0.1, 0.15) is 5.56 Å². The topological polar surface area (TPSA) is 51.2 Å². The summed E-state index contributed by atoms with van der Waals surface area (Å²) in [6.07, 6.45) is 1.93. The van der Waals surface area contributed by atoms with E-state index in [0.29, 0.717) is 18.7 Å². The minimum atomic E-state index is -0.462. The number of nitrogens with one attached hydrogen (secondary N) is 1. The van der Waals surface area contributed by atoms with Gasteiger partial charge in [0.05, 0.1) is 17.8 Å². The third kappa shape index (κ3) is 4.07. The lowest BCUT2D eigenvalue weighted by molar-refractivity contribution is 0.163. The molecule has 0 saturated carbocycles. The molecular formula is C18H15BrN2O2. The molecule has 0 atom stereocenters. The fourth-order valence-corrected chi connectivity index (χ4v) is 2.76. The summed E-state index contributed by atoms with van der Waals surface area (Å²) in [5.74, 6) is 0. The lowest BCUT2D eigenvalue weighted by Crippen LogP contribution is -2.15. The average molecular weight is 371 g/mol. The molecule has 0 unspecified atom stereocenters. The number of rotatable bonds is 4. The predicted octanol–water partition coefficient (Wildman–Crippen LogP) is 4.79. The lowest BCUT2D eigenvalue weighted by Gasteiger charge is -2.09. The van der Waals surface area contributed by atoms with Crippen molar-refractivity contribution in [2.24, 2.45) is 0 Å². The predicted molar refractivity (Wildman–Crippen MR) is 94.6 cm³/mol. The Kier molecular flexibility index (Phi) is 4.88. The molecule has 1 amide bonds. The number of benzene rings is 2. The Bertz CT molecular complexity index is 831. The SMILES string of the molecule is O=C(Nc1cccc2ncccc12)OCCc1cccc(Br)c1. The number of fused-ring (bicyclic) bond motifs is 1. The Morgan fingerprint density at radius 1 is 1.13 bits per heavy atom. The molecule has 0 aliphatic heterocycles. The van der Waals surface area contributed by atoms with Gasteiger partial charge in [-0.15, -0.1) is 0 Å². The van der Waals surface area contributed by atoms with E-state index < -0.39 is 6.09 Å². The van der Waals surface area contributed by atoms with Gasteiger partial charge >= 0.3 is 6.09 Å². The zero-order chi connectivity index (χ0) is 16.1. The van der Waals surface area contributed by atoms with Gasteiger partial charge in [0.25, 0.3) is 0 Å². The Hall–Kier alpha value is -2.40. The summed E-state index contributed by atoms with van der Waals surface area (Å²) in [5.41, 5.74) is 2.64. The van der Waals surface area contributed by atoms with E-state index in [-0.39, 0.29) is 0 Å². The first-order valence-corrected chi connectivity index (χ1v) is 8.03. The Balaban J connectivity index is 1.59. The van der Waals surface area contributed by atoms with E-state index in [4.69, 9.17) is 4.74 Å². The van der Waals surface area contributed by atoms with E-state index in [2.05, 4.69) is 26.2 Å². The molecule has 1 heterocycles. The number of hydrogen-bond acceptors (Lipinski definition) is 3. The molecule has 0 aliphatic rings. The fourth-order valence-electron chi connectivity index (χ4n) is 2.31. The second-order valence-electron chi connectivity index (χ2n) is 5.02. The standard InChI is InChI=1S/C18H15BrN2O2/c19-14-5-1-4-13(12-14)9-11-23-18(22)21-17-8-2-7-16-15(17)6-3-10-20-16/h1-8,10,12H,9,11H2,(H,21,22). The molecule has 4 nitrogen and oxygen atoms in total. The molecule has 0 fully saturated rings. The Labute approximate surface area is 142 Å². The molecule has 1 N–H and O–H groups in total. The molecule has 3 aromatic rings. The molecular weight excluding hydrogens is 356 g/mol. The van der Waals surface area contributed by atoms with Crippen LogP contribution in [0.25, 0.3) is 10.9 Å². The quantitative estimate of drug-likeness (QED) is 0.718. The van der Waals surface area contributed by atoms with Gasteiger partial charge in [-0.25, -0.2) is 4.79 Å². The molecule has 0 saturated heterocycles. The first-order chi connectivity index (χ1) is 11.2. The molecule has 1 aromatic heterocycles. The summed E-state index contributed by atoms with van der Waals surface area (Å²) in [6, 6.07) is 17.3. The van der Waals surface area contributed by atoms with Gasteiger partial charge < -0.3 is 4.74 Å². The van der Waals surface area contributed by atoms with Crippen LogP contribution in [0.2, 0.25) is 0 Å². The minimum Gasteiger partial charge on any atom is -0.449 e. The fraction of sp³-hybridized carbons (Fsp3) is 0.111. The number of hydrogen-bond donors (Lipinski definition) is 1. The van der Waals surface area contributed by atoms with Gasteiger partial charge in [0.15, 0.2) is 0 Å². The van der Waals surface area contributed by atoms with E-state index in [1.807, 2.05) is 54.6 Å². The molecule has 0 radical (unpaired) electrons.